The second-order valence-corrected chi connectivity index (χ2v) is 2.94. The Bertz CT molecular complexity index is 302. The summed E-state index contributed by atoms with van der Waals surface area (Å²) in [7, 11) is 0. The van der Waals surface area contributed by atoms with E-state index in [1.54, 1.807) is 0 Å². The minimum atomic E-state index is 0. The van der Waals surface area contributed by atoms with Crippen molar-refractivity contribution in [2.24, 2.45) is 4.99 Å². The van der Waals surface area contributed by atoms with Crippen LogP contribution in [0.1, 0.15) is 25.5 Å². The Morgan fingerprint density at radius 3 is 2.85 bits per heavy atom. The van der Waals surface area contributed by atoms with Crippen molar-refractivity contribution >= 4 is 0 Å². The van der Waals surface area contributed by atoms with Crippen molar-refractivity contribution in [2.45, 2.75) is 19.8 Å². The van der Waals surface area contributed by atoms with Gasteiger partial charge in [-0.05, 0) is 5.92 Å². The maximum absolute atomic E-state index is 4.13. The summed E-state index contributed by atoms with van der Waals surface area (Å²) in [4.78, 5) is 7.31. The van der Waals surface area contributed by atoms with Crippen LogP contribution in [-0.4, -0.2) is 11.5 Å². The SMILES string of the molecule is [CH2-]CN=c1[c-]ccc(C(C)C)[nH]1.[Pr]. The number of hydrogen-bond acceptors (Lipinski definition) is 1. The molecule has 0 aromatic carbocycles. The molecule has 2 nitrogen and oxygen atoms in total. The third-order valence-corrected chi connectivity index (χ3v) is 1.64. The molecule has 0 unspecified atom stereocenters. The quantitative estimate of drug-likeness (QED) is 0.805. The topological polar surface area (TPSA) is 28.1 Å². The third-order valence-electron chi connectivity index (χ3n) is 1.64. The summed E-state index contributed by atoms with van der Waals surface area (Å²) in [5.41, 5.74) is 1.97. The van der Waals surface area contributed by atoms with Gasteiger partial charge >= 0.3 is 0 Å². The van der Waals surface area contributed by atoms with Crippen LogP contribution < -0.4 is 5.49 Å². The zero-order chi connectivity index (χ0) is 8.97. The molecule has 1 aromatic rings. The van der Waals surface area contributed by atoms with Crippen molar-refractivity contribution in [2.75, 3.05) is 6.54 Å². The Morgan fingerprint density at radius 1 is 1.62 bits per heavy atom. The normalized spacial score (nSPS) is 11.5. The van der Waals surface area contributed by atoms with Gasteiger partial charge in [0.25, 0.3) is 0 Å². The smallest absolute Gasteiger partial charge is 0.0268 e. The molecule has 0 fully saturated rings. The largest absolute Gasteiger partial charge is 0.377 e. The zero-order valence-corrected chi connectivity index (χ0v) is 11.9. The summed E-state index contributed by atoms with van der Waals surface area (Å²) in [5.74, 6) is 0.498. The van der Waals surface area contributed by atoms with E-state index < -0.39 is 0 Å². The summed E-state index contributed by atoms with van der Waals surface area (Å²) >= 11 is 0. The maximum atomic E-state index is 4.13. The van der Waals surface area contributed by atoms with Gasteiger partial charge in [0, 0.05) is 46.8 Å². The summed E-state index contributed by atoms with van der Waals surface area (Å²) < 4.78 is 0. The molecule has 1 N–H and O–H groups in total. The van der Waals surface area contributed by atoms with E-state index in [1.165, 1.54) is 5.69 Å². The van der Waals surface area contributed by atoms with Crippen LogP contribution in [0.15, 0.2) is 17.1 Å². The van der Waals surface area contributed by atoms with Crippen molar-refractivity contribution in [3.63, 3.8) is 0 Å². The predicted molar refractivity (Wildman–Crippen MR) is 49.5 cm³/mol. The average molecular weight is 303 g/mol. The molecule has 0 amide bonds. The fourth-order valence-corrected chi connectivity index (χ4v) is 0.959. The zero-order valence-electron chi connectivity index (χ0n) is 8.17. The van der Waals surface area contributed by atoms with Crippen LogP contribution in [-0.2, 0) is 0 Å². The maximum Gasteiger partial charge on any atom is 0.0268 e. The minimum Gasteiger partial charge on any atom is -0.377 e. The molecule has 0 atom stereocenters. The monoisotopic (exact) mass is 303 g/mol. The Morgan fingerprint density at radius 2 is 2.31 bits per heavy atom. The molecule has 0 aliphatic carbocycles. The Hall–Kier alpha value is 0.314. The van der Waals surface area contributed by atoms with E-state index in [0.717, 1.165) is 5.49 Å². The molecule has 0 aliphatic rings. The number of pyridine rings is 1. The number of aromatic amines is 1. The van der Waals surface area contributed by atoms with Gasteiger partial charge in [0.05, 0.1) is 0 Å². The molecule has 69 valence electrons. The fraction of sp³-hybridized carbons (Fsp3) is 0.400. The van der Waals surface area contributed by atoms with E-state index in [0.29, 0.717) is 12.5 Å². The van der Waals surface area contributed by atoms with Crippen LogP contribution in [0, 0.1) is 54.3 Å². The first kappa shape index (κ1) is 13.3. The van der Waals surface area contributed by atoms with Gasteiger partial charge in [-0.25, -0.2) is 12.1 Å². The second-order valence-electron chi connectivity index (χ2n) is 2.94. The number of hydrogen-bond donors (Lipinski definition) is 1. The summed E-state index contributed by atoms with van der Waals surface area (Å²) in [5, 5.41) is 0. The third kappa shape index (κ3) is 4.37. The van der Waals surface area contributed by atoms with Crippen molar-refractivity contribution in [1.29, 1.82) is 0 Å². The average Bonchev–Trinajstić information content (AvgIpc) is 2.05. The van der Waals surface area contributed by atoms with Gasteiger partial charge in [0.15, 0.2) is 0 Å². The Labute approximate surface area is 113 Å². The van der Waals surface area contributed by atoms with Gasteiger partial charge in [-0.15, -0.1) is 0 Å². The van der Waals surface area contributed by atoms with Crippen molar-refractivity contribution < 1.29 is 41.3 Å². The second kappa shape index (κ2) is 6.72. The van der Waals surface area contributed by atoms with E-state index >= 15 is 0 Å². The summed E-state index contributed by atoms with van der Waals surface area (Å²) in [6.45, 7) is 8.48. The van der Waals surface area contributed by atoms with Crippen LogP contribution in [0.25, 0.3) is 0 Å². The van der Waals surface area contributed by atoms with Crippen molar-refractivity contribution in [3.8, 4) is 0 Å². The van der Waals surface area contributed by atoms with Gasteiger partial charge in [-0.1, -0.05) is 26.1 Å². The van der Waals surface area contributed by atoms with Crippen LogP contribution in [0.2, 0.25) is 0 Å². The van der Waals surface area contributed by atoms with Gasteiger partial charge in [-0.2, -0.15) is 6.07 Å². The van der Waals surface area contributed by atoms with E-state index in [1.807, 2.05) is 12.1 Å². The first-order chi connectivity index (χ1) is 5.74. The molecule has 3 heteroatoms. The molecule has 0 aliphatic heterocycles. The molecule has 1 heterocycles. The first-order valence-electron chi connectivity index (χ1n) is 4.14. The van der Waals surface area contributed by atoms with Gasteiger partial charge < -0.3 is 16.9 Å². The number of nitrogens with one attached hydrogen (secondary N) is 1. The molecule has 1 aromatic heterocycles. The summed E-state index contributed by atoms with van der Waals surface area (Å²) in [6.07, 6.45) is 0. The van der Waals surface area contributed by atoms with E-state index in [4.69, 9.17) is 0 Å². The molecular formula is C10H14N2Pr-2. The van der Waals surface area contributed by atoms with Crippen LogP contribution in [0.3, 0.4) is 0 Å². The van der Waals surface area contributed by atoms with Gasteiger partial charge in [-0.3, -0.25) is 0 Å². The van der Waals surface area contributed by atoms with Crippen LogP contribution in [0.4, 0.5) is 0 Å². The molecule has 0 saturated heterocycles. The molecule has 0 bridgehead atoms. The molecular weight excluding hydrogens is 289 g/mol. The molecule has 1 rings (SSSR count). The van der Waals surface area contributed by atoms with E-state index in [2.05, 4.69) is 36.8 Å². The van der Waals surface area contributed by atoms with E-state index in [9.17, 15) is 0 Å². The molecule has 13 heavy (non-hydrogen) atoms. The summed E-state index contributed by atoms with van der Waals surface area (Å²) in [6, 6.07) is 6.91. The van der Waals surface area contributed by atoms with Gasteiger partial charge in [0.1, 0.15) is 0 Å². The molecule has 0 spiro atoms. The number of aromatic nitrogens is 1. The van der Waals surface area contributed by atoms with Crippen molar-refractivity contribution in [3.05, 3.63) is 36.3 Å². The van der Waals surface area contributed by atoms with Crippen molar-refractivity contribution in [1.82, 2.24) is 4.98 Å². The Kier molecular flexibility index (Phi) is 6.88. The number of nitrogens with zero attached hydrogens (tertiary/aromatic N) is 1. The molecule has 1 radical (unpaired) electrons. The fourth-order valence-electron chi connectivity index (χ4n) is 0.959. The Balaban J connectivity index is 0.00000144. The van der Waals surface area contributed by atoms with E-state index in [-0.39, 0.29) is 41.3 Å². The number of H-pyrrole nitrogens is 1. The van der Waals surface area contributed by atoms with Crippen LogP contribution >= 0.6 is 0 Å². The predicted octanol–water partition coefficient (Wildman–Crippen LogP) is 1.67. The first-order valence-corrected chi connectivity index (χ1v) is 4.14. The standard InChI is InChI=1S/C10H14N2.Pr/c1-4-11-10-7-5-6-9(12-10)8(2)3;/h5-6,8H,1,4H2,2-3H3,(H,11,12);/q-2;. The van der Waals surface area contributed by atoms with Crippen LogP contribution in [0.5, 0.6) is 0 Å². The number of rotatable bonds is 2. The molecule has 0 saturated carbocycles. The van der Waals surface area contributed by atoms with Gasteiger partial charge in [0.2, 0.25) is 0 Å². The minimum absolute atomic E-state index is 0.